The zero-order valence-corrected chi connectivity index (χ0v) is 12.5. The molecule has 2 aliphatic heterocycles. The maximum absolute atomic E-state index is 5.94. The zero-order valence-electron chi connectivity index (χ0n) is 12.5. The van der Waals surface area contributed by atoms with E-state index in [-0.39, 0.29) is 0 Å². The van der Waals surface area contributed by atoms with Crippen LogP contribution in [0.4, 0.5) is 0 Å². The van der Waals surface area contributed by atoms with Crippen molar-refractivity contribution in [2.45, 2.75) is 58.8 Å². The van der Waals surface area contributed by atoms with E-state index in [1.165, 1.54) is 12.8 Å². The second-order valence-electron chi connectivity index (χ2n) is 6.77. The molecule has 3 unspecified atom stereocenters. The predicted octanol–water partition coefficient (Wildman–Crippen LogP) is 2.12. The van der Waals surface area contributed by atoms with Crippen LogP contribution in [0.5, 0.6) is 0 Å². The third-order valence-corrected chi connectivity index (χ3v) is 4.22. The Balaban J connectivity index is 1.85. The molecule has 3 heteroatoms. The molecule has 18 heavy (non-hydrogen) atoms. The normalized spacial score (nSPS) is 30.3. The smallest absolute Gasteiger partial charge is 0.0707 e. The molecule has 106 valence electrons. The highest BCUT2D eigenvalue weighted by Gasteiger charge is 2.37. The number of morpholine rings is 1. The van der Waals surface area contributed by atoms with E-state index in [9.17, 15) is 0 Å². The average molecular weight is 254 g/mol. The van der Waals surface area contributed by atoms with Gasteiger partial charge in [0.2, 0.25) is 0 Å². The number of ether oxygens (including phenoxy) is 1. The SMILES string of the molecule is CC(C)CNCC(C(C)C)N1CC2CCC(C1)O2. The van der Waals surface area contributed by atoms with E-state index in [2.05, 4.69) is 37.9 Å². The maximum atomic E-state index is 5.94. The molecule has 1 N–H and O–H groups in total. The average Bonchev–Trinajstić information content (AvgIpc) is 2.63. The van der Waals surface area contributed by atoms with Crippen LogP contribution in [-0.4, -0.2) is 49.3 Å². The lowest BCUT2D eigenvalue weighted by atomic mass is 10.0. The van der Waals surface area contributed by atoms with Crippen LogP contribution < -0.4 is 5.32 Å². The van der Waals surface area contributed by atoms with Crippen molar-refractivity contribution in [2.24, 2.45) is 11.8 Å². The van der Waals surface area contributed by atoms with Gasteiger partial charge in [0.25, 0.3) is 0 Å². The summed E-state index contributed by atoms with van der Waals surface area (Å²) in [5, 5.41) is 3.63. The third kappa shape index (κ3) is 3.69. The van der Waals surface area contributed by atoms with Gasteiger partial charge in [-0.15, -0.1) is 0 Å². The van der Waals surface area contributed by atoms with Crippen LogP contribution in [-0.2, 0) is 4.74 Å². The standard InChI is InChI=1S/C15H30N2O/c1-11(2)7-16-8-15(12(3)4)17-9-13-5-6-14(10-17)18-13/h11-16H,5-10H2,1-4H3. The molecular weight excluding hydrogens is 224 g/mol. The number of hydrogen-bond acceptors (Lipinski definition) is 3. The highest BCUT2D eigenvalue weighted by Crippen LogP contribution is 2.28. The Hall–Kier alpha value is -0.120. The molecule has 2 heterocycles. The molecule has 3 atom stereocenters. The summed E-state index contributed by atoms with van der Waals surface area (Å²) in [5.74, 6) is 1.45. The first-order chi connectivity index (χ1) is 8.56. The van der Waals surface area contributed by atoms with Crippen molar-refractivity contribution in [3.63, 3.8) is 0 Å². The summed E-state index contributed by atoms with van der Waals surface area (Å²) in [6.45, 7) is 13.8. The molecule has 0 aromatic heterocycles. The molecule has 0 radical (unpaired) electrons. The lowest BCUT2D eigenvalue weighted by molar-refractivity contribution is -0.0586. The van der Waals surface area contributed by atoms with Crippen molar-refractivity contribution in [2.75, 3.05) is 26.2 Å². The summed E-state index contributed by atoms with van der Waals surface area (Å²) in [4.78, 5) is 2.67. The van der Waals surface area contributed by atoms with Gasteiger partial charge >= 0.3 is 0 Å². The molecule has 3 nitrogen and oxygen atoms in total. The number of nitrogens with one attached hydrogen (secondary N) is 1. The van der Waals surface area contributed by atoms with Crippen molar-refractivity contribution < 1.29 is 4.74 Å². The first-order valence-corrected chi connectivity index (χ1v) is 7.66. The lowest BCUT2D eigenvalue weighted by Crippen LogP contribution is -2.53. The highest BCUT2D eigenvalue weighted by molar-refractivity contribution is 4.89. The van der Waals surface area contributed by atoms with Gasteiger partial charge < -0.3 is 10.1 Å². The summed E-state index contributed by atoms with van der Waals surface area (Å²) < 4.78 is 5.94. The van der Waals surface area contributed by atoms with Gasteiger partial charge in [-0.2, -0.15) is 0 Å². The van der Waals surface area contributed by atoms with E-state index in [4.69, 9.17) is 4.74 Å². The molecule has 2 fully saturated rings. The number of rotatable bonds is 6. The Bertz CT molecular complexity index is 243. The van der Waals surface area contributed by atoms with Gasteiger partial charge in [0.1, 0.15) is 0 Å². The Morgan fingerprint density at radius 1 is 1.06 bits per heavy atom. The topological polar surface area (TPSA) is 24.5 Å². The monoisotopic (exact) mass is 254 g/mol. The minimum absolute atomic E-state index is 0.509. The minimum atomic E-state index is 0.509. The van der Waals surface area contributed by atoms with Gasteiger partial charge in [0.15, 0.2) is 0 Å². The molecule has 0 saturated carbocycles. The van der Waals surface area contributed by atoms with Crippen molar-refractivity contribution in [1.82, 2.24) is 10.2 Å². The van der Waals surface area contributed by atoms with E-state index in [1.54, 1.807) is 0 Å². The van der Waals surface area contributed by atoms with Crippen molar-refractivity contribution >= 4 is 0 Å². The van der Waals surface area contributed by atoms with E-state index < -0.39 is 0 Å². The van der Waals surface area contributed by atoms with Crippen LogP contribution in [0.3, 0.4) is 0 Å². The van der Waals surface area contributed by atoms with Crippen LogP contribution in [0.2, 0.25) is 0 Å². The highest BCUT2D eigenvalue weighted by atomic mass is 16.5. The quantitative estimate of drug-likeness (QED) is 0.786. The van der Waals surface area contributed by atoms with Crippen LogP contribution >= 0.6 is 0 Å². The molecule has 0 aromatic rings. The van der Waals surface area contributed by atoms with Gasteiger partial charge in [0.05, 0.1) is 12.2 Å². The fraction of sp³-hybridized carbons (Fsp3) is 1.00. The van der Waals surface area contributed by atoms with Crippen molar-refractivity contribution in [1.29, 1.82) is 0 Å². The number of likely N-dealkylation sites (tertiary alicyclic amines) is 1. The van der Waals surface area contributed by atoms with Crippen LogP contribution in [0.1, 0.15) is 40.5 Å². The summed E-state index contributed by atoms with van der Waals surface area (Å²) in [6, 6.07) is 0.663. The first kappa shape index (κ1) is 14.3. The molecule has 0 spiro atoms. The fourth-order valence-electron chi connectivity index (χ4n) is 3.22. The molecular formula is C15H30N2O. The number of fused-ring (bicyclic) bond motifs is 2. The first-order valence-electron chi connectivity index (χ1n) is 7.66. The van der Waals surface area contributed by atoms with Gasteiger partial charge in [0, 0.05) is 25.7 Å². The Kier molecular flexibility index (Phi) is 5.05. The summed E-state index contributed by atoms with van der Waals surface area (Å²) in [5.41, 5.74) is 0. The largest absolute Gasteiger partial charge is 0.372 e. The minimum Gasteiger partial charge on any atom is -0.372 e. The van der Waals surface area contributed by atoms with E-state index in [0.717, 1.165) is 32.1 Å². The lowest BCUT2D eigenvalue weighted by Gasteiger charge is -2.40. The van der Waals surface area contributed by atoms with E-state index >= 15 is 0 Å². The van der Waals surface area contributed by atoms with Crippen LogP contribution in [0.15, 0.2) is 0 Å². The van der Waals surface area contributed by atoms with E-state index in [0.29, 0.717) is 24.2 Å². The summed E-state index contributed by atoms with van der Waals surface area (Å²) in [7, 11) is 0. The number of hydrogen-bond donors (Lipinski definition) is 1. The Morgan fingerprint density at radius 3 is 2.17 bits per heavy atom. The predicted molar refractivity (Wildman–Crippen MR) is 75.8 cm³/mol. The molecule has 0 amide bonds. The maximum Gasteiger partial charge on any atom is 0.0707 e. The molecule has 0 aromatic carbocycles. The molecule has 0 aliphatic carbocycles. The summed E-state index contributed by atoms with van der Waals surface area (Å²) >= 11 is 0. The summed E-state index contributed by atoms with van der Waals surface area (Å²) in [6.07, 6.45) is 3.56. The zero-order chi connectivity index (χ0) is 13.1. The molecule has 2 aliphatic rings. The van der Waals surface area contributed by atoms with Gasteiger partial charge in [-0.25, -0.2) is 0 Å². The van der Waals surface area contributed by atoms with Crippen LogP contribution in [0.25, 0.3) is 0 Å². The second kappa shape index (κ2) is 6.36. The van der Waals surface area contributed by atoms with Gasteiger partial charge in [-0.05, 0) is 31.2 Å². The number of nitrogens with zero attached hydrogens (tertiary/aromatic N) is 1. The molecule has 2 saturated heterocycles. The van der Waals surface area contributed by atoms with Crippen molar-refractivity contribution in [3.8, 4) is 0 Å². The fourth-order valence-corrected chi connectivity index (χ4v) is 3.22. The van der Waals surface area contributed by atoms with Gasteiger partial charge in [-0.1, -0.05) is 27.7 Å². The van der Waals surface area contributed by atoms with Gasteiger partial charge in [-0.3, -0.25) is 4.90 Å². The van der Waals surface area contributed by atoms with Crippen LogP contribution in [0, 0.1) is 11.8 Å². The second-order valence-corrected chi connectivity index (χ2v) is 6.77. The van der Waals surface area contributed by atoms with E-state index in [1.807, 2.05) is 0 Å². The van der Waals surface area contributed by atoms with Crippen molar-refractivity contribution in [3.05, 3.63) is 0 Å². The molecule has 2 bridgehead atoms. The Morgan fingerprint density at radius 2 is 1.67 bits per heavy atom. The molecule has 2 rings (SSSR count). The Labute approximate surface area is 112 Å². The third-order valence-electron chi connectivity index (χ3n) is 4.22.